The van der Waals surface area contributed by atoms with Crippen molar-refractivity contribution in [3.05, 3.63) is 48.1 Å². The smallest absolute Gasteiger partial charge is 0.291 e. The summed E-state index contributed by atoms with van der Waals surface area (Å²) in [4.78, 5) is 11.8. The molecule has 0 fully saturated rings. The van der Waals surface area contributed by atoms with Crippen molar-refractivity contribution in [1.82, 2.24) is 0 Å². The molecule has 0 spiro atoms. The molecule has 0 atom stereocenters. The lowest BCUT2D eigenvalue weighted by Crippen LogP contribution is -2.23. The number of nitrogens with two attached hydrogens (primary N) is 1. The van der Waals surface area contributed by atoms with E-state index >= 15 is 0 Å². The third kappa shape index (κ3) is 1.82. The highest BCUT2D eigenvalue weighted by Gasteiger charge is 2.22. The van der Waals surface area contributed by atoms with E-state index in [4.69, 9.17) is 14.9 Å². The van der Waals surface area contributed by atoms with Gasteiger partial charge in [0, 0.05) is 11.8 Å². The molecule has 1 aliphatic rings. The Balaban J connectivity index is 1.97. The van der Waals surface area contributed by atoms with E-state index in [0.29, 0.717) is 22.9 Å². The lowest BCUT2D eigenvalue weighted by Gasteiger charge is -2.19. The standard InChI is InChI=1S/C13H10N2O3/c14-8-3-4-11-10(6-8)15-13(16)12(18-11)7-9-2-1-5-17-9/h1-7H,14H2,(H,15,16)/b12-7+. The SMILES string of the molecule is Nc1ccc2c(c1)NC(=O)/C(=C\c1ccco1)O2. The number of hydrogen-bond acceptors (Lipinski definition) is 4. The van der Waals surface area contributed by atoms with E-state index in [1.165, 1.54) is 12.3 Å². The Kier molecular flexibility index (Phi) is 2.30. The lowest BCUT2D eigenvalue weighted by molar-refractivity contribution is -0.115. The van der Waals surface area contributed by atoms with Crippen molar-refractivity contribution in [3.8, 4) is 5.75 Å². The first-order chi connectivity index (χ1) is 8.72. The summed E-state index contributed by atoms with van der Waals surface area (Å²) in [5, 5.41) is 2.71. The summed E-state index contributed by atoms with van der Waals surface area (Å²) in [7, 11) is 0. The molecule has 3 rings (SSSR count). The summed E-state index contributed by atoms with van der Waals surface area (Å²) < 4.78 is 10.6. The summed E-state index contributed by atoms with van der Waals surface area (Å²) in [6, 6.07) is 8.54. The van der Waals surface area contributed by atoms with Crippen LogP contribution in [0.1, 0.15) is 5.76 Å². The summed E-state index contributed by atoms with van der Waals surface area (Å²) in [5.41, 5.74) is 6.77. The fraction of sp³-hybridized carbons (Fsp3) is 0. The maximum atomic E-state index is 11.8. The Morgan fingerprint density at radius 1 is 1.28 bits per heavy atom. The van der Waals surface area contributed by atoms with Gasteiger partial charge in [-0.2, -0.15) is 0 Å². The van der Waals surface area contributed by atoms with Gasteiger partial charge in [0.1, 0.15) is 5.76 Å². The van der Waals surface area contributed by atoms with E-state index in [-0.39, 0.29) is 11.7 Å². The topological polar surface area (TPSA) is 77.5 Å². The number of furan rings is 1. The highest BCUT2D eigenvalue weighted by Crippen LogP contribution is 2.32. The summed E-state index contributed by atoms with van der Waals surface area (Å²) >= 11 is 0. The summed E-state index contributed by atoms with van der Waals surface area (Å²) in [6.45, 7) is 0. The van der Waals surface area contributed by atoms with Gasteiger partial charge in [-0.1, -0.05) is 0 Å². The van der Waals surface area contributed by atoms with Gasteiger partial charge in [0.25, 0.3) is 5.91 Å². The van der Waals surface area contributed by atoms with Gasteiger partial charge in [0.2, 0.25) is 0 Å². The van der Waals surface area contributed by atoms with E-state index < -0.39 is 0 Å². The van der Waals surface area contributed by atoms with Crippen LogP contribution in [0.4, 0.5) is 11.4 Å². The van der Waals surface area contributed by atoms with Crippen molar-refractivity contribution < 1.29 is 13.9 Å². The second kappa shape index (κ2) is 3.96. The number of nitrogen functional groups attached to an aromatic ring is 1. The number of benzene rings is 1. The average Bonchev–Trinajstić information content (AvgIpc) is 2.83. The van der Waals surface area contributed by atoms with E-state index in [0.717, 1.165) is 0 Å². The van der Waals surface area contributed by atoms with Crippen molar-refractivity contribution in [2.75, 3.05) is 11.1 Å². The van der Waals surface area contributed by atoms with Gasteiger partial charge >= 0.3 is 0 Å². The maximum absolute atomic E-state index is 11.8. The van der Waals surface area contributed by atoms with Crippen molar-refractivity contribution in [1.29, 1.82) is 0 Å². The Labute approximate surface area is 103 Å². The van der Waals surface area contributed by atoms with Crippen LogP contribution in [0.2, 0.25) is 0 Å². The first-order valence-corrected chi connectivity index (χ1v) is 5.36. The molecule has 1 aromatic heterocycles. The van der Waals surface area contributed by atoms with Gasteiger partial charge in [-0.15, -0.1) is 0 Å². The normalized spacial score (nSPS) is 16.0. The van der Waals surface area contributed by atoms with E-state index in [9.17, 15) is 4.79 Å². The second-order valence-corrected chi connectivity index (χ2v) is 3.84. The zero-order valence-corrected chi connectivity index (χ0v) is 9.34. The number of fused-ring (bicyclic) bond motifs is 1. The molecule has 3 N–H and O–H groups in total. The third-order valence-electron chi connectivity index (χ3n) is 2.51. The van der Waals surface area contributed by atoms with Gasteiger partial charge in [-0.25, -0.2) is 0 Å². The number of hydrogen-bond donors (Lipinski definition) is 2. The van der Waals surface area contributed by atoms with Crippen molar-refractivity contribution in [2.24, 2.45) is 0 Å². The van der Waals surface area contributed by atoms with Gasteiger partial charge < -0.3 is 20.2 Å². The van der Waals surface area contributed by atoms with Crippen LogP contribution in [-0.2, 0) is 4.79 Å². The van der Waals surface area contributed by atoms with Crippen molar-refractivity contribution in [2.45, 2.75) is 0 Å². The van der Waals surface area contributed by atoms with E-state index in [1.54, 1.807) is 30.3 Å². The van der Waals surface area contributed by atoms with Crippen molar-refractivity contribution >= 4 is 23.4 Å². The zero-order valence-electron chi connectivity index (χ0n) is 9.34. The molecule has 2 aromatic rings. The first-order valence-electron chi connectivity index (χ1n) is 5.36. The van der Waals surface area contributed by atoms with Crippen LogP contribution in [0.3, 0.4) is 0 Å². The minimum absolute atomic E-state index is 0.183. The Morgan fingerprint density at radius 3 is 2.94 bits per heavy atom. The monoisotopic (exact) mass is 242 g/mol. The number of ether oxygens (including phenoxy) is 1. The van der Waals surface area contributed by atoms with Crippen LogP contribution < -0.4 is 15.8 Å². The minimum atomic E-state index is -0.329. The summed E-state index contributed by atoms with van der Waals surface area (Å²) in [5.74, 6) is 0.965. The molecule has 0 unspecified atom stereocenters. The molecule has 1 aromatic carbocycles. The third-order valence-corrected chi connectivity index (χ3v) is 2.51. The summed E-state index contributed by atoms with van der Waals surface area (Å²) in [6.07, 6.45) is 3.07. The number of amides is 1. The zero-order chi connectivity index (χ0) is 12.5. The predicted molar refractivity (Wildman–Crippen MR) is 66.8 cm³/mol. The van der Waals surface area contributed by atoms with Gasteiger partial charge in [0.15, 0.2) is 11.5 Å². The fourth-order valence-corrected chi connectivity index (χ4v) is 1.68. The molecular formula is C13H10N2O3. The molecule has 18 heavy (non-hydrogen) atoms. The van der Waals surface area contributed by atoms with Crippen LogP contribution in [0.25, 0.3) is 6.08 Å². The molecule has 0 radical (unpaired) electrons. The van der Waals surface area contributed by atoms with Crippen molar-refractivity contribution in [3.63, 3.8) is 0 Å². The van der Waals surface area contributed by atoms with E-state index in [1.807, 2.05) is 0 Å². The number of anilines is 2. The molecule has 5 nitrogen and oxygen atoms in total. The van der Waals surface area contributed by atoms with Crippen LogP contribution in [0, 0.1) is 0 Å². The Morgan fingerprint density at radius 2 is 2.17 bits per heavy atom. The Bertz CT molecular complexity index is 630. The largest absolute Gasteiger partial charge is 0.465 e. The molecule has 0 saturated carbocycles. The Hall–Kier alpha value is -2.69. The molecule has 1 amide bonds. The second-order valence-electron chi connectivity index (χ2n) is 3.84. The fourth-order valence-electron chi connectivity index (χ4n) is 1.68. The molecule has 5 heteroatoms. The predicted octanol–water partition coefficient (Wildman–Crippen LogP) is 2.23. The molecule has 0 saturated heterocycles. The highest BCUT2D eigenvalue weighted by atomic mass is 16.5. The molecule has 2 heterocycles. The molecule has 1 aliphatic heterocycles. The first kappa shape index (κ1) is 10.5. The number of rotatable bonds is 1. The average molecular weight is 242 g/mol. The van der Waals surface area contributed by atoms with Crippen LogP contribution in [-0.4, -0.2) is 5.91 Å². The maximum Gasteiger partial charge on any atom is 0.291 e. The molecule has 90 valence electrons. The van der Waals surface area contributed by atoms with Crippen LogP contribution in [0.15, 0.2) is 46.8 Å². The van der Waals surface area contributed by atoms with Crippen LogP contribution >= 0.6 is 0 Å². The lowest BCUT2D eigenvalue weighted by atomic mass is 10.2. The molecule has 0 aliphatic carbocycles. The van der Waals surface area contributed by atoms with Gasteiger partial charge in [-0.3, -0.25) is 4.79 Å². The van der Waals surface area contributed by atoms with E-state index in [2.05, 4.69) is 5.32 Å². The minimum Gasteiger partial charge on any atom is -0.465 e. The highest BCUT2D eigenvalue weighted by molar-refractivity contribution is 6.08. The quantitative estimate of drug-likeness (QED) is 0.593. The number of carbonyl (C=O) groups excluding carboxylic acids is 1. The van der Waals surface area contributed by atoms with Gasteiger partial charge in [0.05, 0.1) is 12.0 Å². The molecule has 0 bridgehead atoms. The van der Waals surface area contributed by atoms with Crippen LogP contribution in [0.5, 0.6) is 5.75 Å². The number of nitrogens with one attached hydrogen (secondary N) is 1. The number of carbonyl (C=O) groups is 1. The molecular weight excluding hydrogens is 232 g/mol. The van der Waals surface area contributed by atoms with Gasteiger partial charge in [-0.05, 0) is 30.3 Å².